The van der Waals surface area contributed by atoms with Crippen LogP contribution in [0.15, 0.2) is 0 Å². The fourth-order valence-corrected chi connectivity index (χ4v) is 3.10. The second-order valence-electron chi connectivity index (χ2n) is 4.68. The summed E-state index contributed by atoms with van der Waals surface area (Å²) in [6.45, 7) is 0.850. The van der Waals surface area contributed by atoms with Crippen LogP contribution in [0.5, 0.6) is 0 Å². The highest BCUT2D eigenvalue weighted by Gasteiger charge is 2.51. The molecule has 1 spiro atoms. The zero-order valence-electron chi connectivity index (χ0n) is 7.71. The number of hydrogen-bond acceptors (Lipinski definition) is 2. The van der Waals surface area contributed by atoms with E-state index in [0.29, 0.717) is 18.6 Å². The first-order valence-corrected chi connectivity index (χ1v) is 5.21. The Hall–Kier alpha value is -0.570. The Labute approximate surface area is 77.8 Å². The fraction of sp³-hybridized carbons (Fsp3) is 0.900. The SMILES string of the molecule is O=C1CC2(CCC3CCC2O3)CN1. The van der Waals surface area contributed by atoms with Gasteiger partial charge in [0, 0.05) is 18.4 Å². The van der Waals surface area contributed by atoms with Crippen molar-refractivity contribution >= 4 is 5.91 Å². The van der Waals surface area contributed by atoms with Crippen LogP contribution in [0.2, 0.25) is 0 Å². The fourth-order valence-electron chi connectivity index (χ4n) is 3.10. The van der Waals surface area contributed by atoms with E-state index in [2.05, 4.69) is 5.32 Å². The molecule has 0 aromatic carbocycles. The van der Waals surface area contributed by atoms with Crippen molar-refractivity contribution in [2.45, 2.75) is 44.3 Å². The molecule has 0 aliphatic carbocycles. The van der Waals surface area contributed by atoms with E-state index >= 15 is 0 Å². The van der Waals surface area contributed by atoms with Crippen LogP contribution < -0.4 is 5.32 Å². The summed E-state index contributed by atoms with van der Waals surface area (Å²) in [5.74, 6) is 0.217. The number of amides is 1. The average Bonchev–Trinajstić information content (AvgIpc) is 2.66. The van der Waals surface area contributed by atoms with Gasteiger partial charge in [0.05, 0.1) is 12.2 Å². The lowest BCUT2D eigenvalue weighted by molar-refractivity contribution is -0.122. The lowest BCUT2D eigenvalue weighted by Crippen LogP contribution is -2.41. The van der Waals surface area contributed by atoms with E-state index in [1.54, 1.807) is 0 Å². The molecule has 2 bridgehead atoms. The van der Waals surface area contributed by atoms with Crippen LogP contribution in [0.3, 0.4) is 0 Å². The first-order chi connectivity index (χ1) is 6.28. The topological polar surface area (TPSA) is 38.3 Å². The van der Waals surface area contributed by atoms with Crippen molar-refractivity contribution < 1.29 is 9.53 Å². The van der Waals surface area contributed by atoms with Crippen molar-refractivity contribution in [3.63, 3.8) is 0 Å². The van der Waals surface area contributed by atoms with Gasteiger partial charge in [0.15, 0.2) is 0 Å². The van der Waals surface area contributed by atoms with E-state index in [4.69, 9.17) is 4.74 Å². The van der Waals surface area contributed by atoms with Crippen molar-refractivity contribution in [2.75, 3.05) is 6.54 Å². The summed E-state index contributed by atoms with van der Waals surface area (Å²) in [7, 11) is 0. The molecule has 0 radical (unpaired) electrons. The molecule has 3 aliphatic heterocycles. The minimum Gasteiger partial charge on any atom is -0.374 e. The van der Waals surface area contributed by atoms with Gasteiger partial charge >= 0.3 is 0 Å². The Morgan fingerprint density at radius 3 is 3.08 bits per heavy atom. The number of carbonyl (C=O) groups excluding carboxylic acids is 1. The minimum absolute atomic E-state index is 0.171. The minimum atomic E-state index is 0.171. The van der Waals surface area contributed by atoms with Crippen LogP contribution in [0, 0.1) is 5.41 Å². The maximum absolute atomic E-state index is 11.2. The van der Waals surface area contributed by atoms with E-state index in [9.17, 15) is 4.79 Å². The highest BCUT2D eigenvalue weighted by atomic mass is 16.5. The first kappa shape index (κ1) is 7.80. The molecule has 3 atom stereocenters. The molecule has 0 aromatic heterocycles. The molecule has 13 heavy (non-hydrogen) atoms. The molecular formula is C10H15NO2. The van der Waals surface area contributed by atoms with Gasteiger partial charge in [-0.25, -0.2) is 0 Å². The van der Waals surface area contributed by atoms with E-state index in [-0.39, 0.29) is 11.3 Å². The number of rotatable bonds is 0. The van der Waals surface area contributed by atoms with Crippen molar-refractivity contribution in [1.82, 2.24) is 5.32 Å². The quantitative estimate of drug-likeness (QED) is 0.601. The van der Waals surface area contributed by atoms with Crippen molar-refractivity contribution in [3.8, 4) is 0 Å². The van der Waals surface area contributed by atoms with Gasteiger partial charge in [-0.05, 0) is 25.7 Å². The van der Waals surface area contributed by atoms with Crippen LogP contribution in [-0.4, -0.2) is 24.7 Å². The molecule has 3 saturated heterocycles. The van der Waals surface area contributed by atoms with Gasteiger partial charge in [-0.2, -0.15) is 0 Å². The number of fused-ring (bicyclic) bond motifs is 3. The molecule has 3 heterocycles. The predicted octanol–water partition coefficient (Wildman–Crippen LogP) is 0.834. The van der Waals surface area contributed by atoms with Crippen molar-refractivity contribution in [1.29, 1.82) is 0 Å². The molecule has 72 valence electrons. The molecular weight excluding hydrogens is 166 g/mol. The zero-order chi connectivity index (χ0) is 8.89. The molecule has 3 fully saturated rings. The van der Waals surface area contributed by atoms with Gasteiger partial charge in [0.1, 0.15) is 0 Å². The third kappa shape index (κ3) is 1.03. The van der Waals surface area contributed by atoms with Gasteiger partial charge in [0.25, 0.3) is 0 Å². The third-order valence-corrected chi connectivity index (χ3v) is 3.91. The second-order valence-corrected chi connectivity index (χ2v) is 4.68. The lowest BCUT2D eigenvalue weighted by atomic mass is 9.76. The molecule has 1 amide bonds. The molecule has 3 unspecified atom stereocenters. The number of nitrogens with one attached hydrogen (secondary N) is 1. The third-order valence-electron chi connectivity index (χ3n) is 3.91. The largest absolute Gasteiger partial charge is 0.374 e. The predicted molar refractivity (Wildman–Crippen MR) is 47.2 cm³/mol. The molecule has 0 aromatic rings. The highest BCUT2D eigenvalue weighted by Crippen LogP contribution is 2.48. The molecule has 3 aliphatic rings. The van der Waals surface area contributed by atoms with Crippen LogP contribution >= 0.6 is 0 Å². The van der Waals surface area contributed by atoms with Gasteiger partial charge in [-0.3, -0.25) is 4.79 Å². The van der Waals surface area contributed by atoms with Crippen LogP contribution in [0.1, 0.15) is 32.1 Å². The normalized spacial score (nSPS) is 48.5. The van der Waals surface area contributed by atoms with Gasteiger partial charge in [-0.1, -0.05) is 0 Å². The van der Waals surface area contributed by atoms with E-state index in [1.807, 2.05) is 0 Å². The summed E-state index contributed by atoms with van der Waals surface area (Å²) in [6, 6.07) is 0. The first-order valence-electron chi connectivity index (χ1n) is 5.21. The van der Waals surface area contributed by atoms with E-state index < -0.39 is 0 Å². The van der Waals surface area contributed by atoms with Crippen LogP contribution in [0.25, 0.3) is 0 Å². The Bertz CT molecular complexity index is 253. The number of carbonyl (C=O) groups is 1. The molecule has 3 nitrogen and oxygen atoms in total. The summed E-state index contributed by atoms with van der Waals surface area (Å²) in [5.41, 5.74) is 0.171. The average molecular weight is 181 g/mol. The Morgan fingerprint density at radius 1 is 1.38 bits per heavy atom. The Kier molecular flexibility index (Phi) is 1.48. The zero-order valence-corrected chi connectivity index (χ0v) is 7.71. The standard InChI is InChI=1S/C10H15NO2/c12-9-5-10(6-11-9)4-3-7-1-2-8(10)13-7/h7-8H,1-6H2,(H,11,12). The number of ether oxygens (including phenoxy) is 1. The Morgan fingerprint density at radius 2 is 2.31 bits per heavy atom. The summed E-state index contributed by atoms with van der Waals surface area (Å²) >= 11 is 0. The van der Waals surface area contributed by atoms with Crippen LogP contribution in [-0.2, 0) is 9.53 Å². The van der Waals surface area contributed by atoms with Gasteiger partial charge in [0.2, 0.25) is 5.91 Å². The van der Waals surface area contributed by atoms with E-state index in [0.717, 1.165) is 13.0 Å². The van der Waals surface area contributed by atoms with Gasteiger partial charge < -0.3 is 10.1 Å². The van der Waals surface area contributed by atoms with E-state index in [1.165, 1.54) is 19.3 Å². The molecule has 0 saturated carbocycles. The second kappa shape index (κ2) is 2.47. The molecule has 1 N–H and O–H groups in total. The van der Waals surface area contributed by atoms with Crippen molar-refractivity contribution in [3.05, 3.63) is 0 Å². The highest BCUT2D eigenvalue weighted by molar-refractivity contribution is 5.79. The van der Waals surface area contributed by atoms with Gasteiger partial charge in [-0.15, -0.1) is 0 Å². The van der Waals surface area contributed by atoms with Crippen molar-refractivity contribution in [2.24, 2.45) is 5.41 Å². The number of hydrogen-bond donors (Lipinski definition) is 1. The maximum atomic E-state index is 11.2. The lowest BCUT2D eigenvalue weighted by Gasteiger charge is -2.37. The summed E-state index contributed by atoms with van der Waals surface area (Å²) in [5, 5.41) is 2.94. The summed E-state index contributed by atoms with van der Waals surface area (Å²) < 4.78 is 5.89. The van der Waals surface area contributed by atoms with Crippen LogP contribution in [0.4, 0.5) is 0 Å². The Balaban J connectivity index is 1.86. The molecule has 3 heteroatoms. The monoisotopic (exact) mass is 181 g/mol. The summed E-state index contributed by atoms with van der Waals surface area (Å²) in [4.78, 5) is 11.2. The maximum Gasteiger partial charge on any atom is 0.220 e. The molecule has 3 rings (SSSR count). The summed E-state index contributed by atoms with van der Waals surface area (Å²) in [6.07, 6.45) is 6.29. The smallest absolute Gasteiger partial charge is 0.220 e.